The third kappa shape index (κ3) is 4.35. The third-order valence-corrected chi connectivity index (χ3v) is 4.88. The highest BCUT2D eigenvalue weighted by Gasteiger charge is 2.17. The molecule has 1 unspecified atom stereocenters. The first-order chi connectivity index (χ1) is 10.9. The van der Waals surface area contributed by atoms with E-state index in [9.17, 15) is 4.79 Å². The SMILES string of the molecule is COc1cc(C)c(C(C)NC(=O)Cc2cccs2)cc1C(C)C. The maximum absolute atomic E-state index is 12.2. The van der Waals surface area contributed by atoms with Crippen LogP contribution in [-0.2, 0) is 11.2 Å². The first-order valence-electron chi connectivity index (χ1n) is 7.92. The first-order valence-corrected chi connectivity index (χ1v) is 8.80. The topological polar surface area (TPSA) is 38.3 Å². The van der Waals surface area contributed by atoms with E-state index in [4.69, 9.17) is 4.74 Å². The summed E-state index contributed by atoms with van der Waals surface area (Å²) < 4.78 is 5.49. The quantitative estimate of drug-likeness (QED) is 0.839. The van der Waals surface area contributed by atoms with Crippen LogP contribution in [0.2, 0.25) is 0 Å². The molecule has 0 aliphatic carbocycles. The lowest BCUT2D eigenvalue weighted by Gasteiger charge is -2.21. The lowest BCUT2D eigenvalue weighted by Crippen LogP contribution is -2.28. The number of hydrogen-bond acceptors (Lipinski definition) is 3. The number of ether oxygens (including phenoxy) is 1. The zero-order valence-corrected chi connectivity index (χ0v) is 15.3. The van der Waals surface area contributed by atoms with E-state index >= 15 is 0 Å². The Morgan fingerprint density at radius 3 is 2.57 bits per heavy atom. The van der Waals surface area contributed by atoms with Gasteiger partial charge in [0.1, 0.15) is 5.75 Å². The van der Waals surface area contributed by atoms with E-state index < -0.39 is 0 Å². The van der Waals surface area contributed by atoms with Crippen LogP contribution in [0.3, 0.4) is 0 Å². The van der Waals surface area contributed by atoms with Crippen molar-refractivity contribution < 1.29 is 9.53 Å². The number of carbonyl (C=O) groups is 1. The summed E-state index contributed by atoms with van der Waals surface area (Å²) >= 11 is 1.61. The zero-order valence-electron chi connectivity index (χ0n) is 14.5. The first kappa shape index (κ1) is 17.5. The van der Waals surface area contributed by atoms with Crippen molar-refractivity contribution in [3.05, 3.63) is 51.2 Å². The van der Waals surface area contributed by atoms with Gasteiger partial charge in [0, 0.05) is 4.88 Å². The van der Waals surface area contributed by atoms with Gasteiger partial charge >= 0.3 is 0 Å². The molecule has 1 heterocycles. The van der Waals surface area contributed by atoms with Crippen LogP contribution in [0.25, 0.3) is 0 Å². The van der Waals surface area contributed by atoms with Crippen LogP contribution in [-0.4, -0.2) is 13.0 Å². The summed E-state index contributed by atoms with van der Waals surface area (Å²) in [5.41, 5.74) is 3.46. The van der Waals surface area contributed by atoms with Crippen molar-refractivity contribution in [1.82, 2.24) is 5.32 Å². The number of thiophene rings is 1. The minimum absolute atomic E-state index is 0.0223. The molecule has 4 heteroatoms. The Morgan fingerprint density at radius 2 is 2.00 bits per heavy atom. The van der Waals surface area contributed by atoms with E-state index in [1.54, 1.807) is 18.4 Å². The summed E-state index contributed by atoms with van der Waals surface area (Å²) in [6.45, 7) is 8.39. The molecule has 2 aromatic rings. The predicted molar refractivity (Wildman–Crippen MR) is 96.4 cm³/mol. The van der Waals surface area contributed by atoms with Gasteiger partial charge < -0.3 is 10.1 Å². The number of hydrogen-bond donors (Lipinski definition) is 1. The molecule has 1 aromatic heterocycles. The average molecular weight is 331 g/mol. The molecule has 124 valence electrons. The predicted octanol–water partition coefficient (Wildman–Crippen LogP) is 4.61. The molecule has 1 aromatic carbocycles. The number of benzene rings is 1. The van der Waals surface area contributed by atoms with Crippen LogP contribution in [0.5, 0.6) is 5.75 Å². The van der Waals surface area contributed by atoms with Gasteiger partial charge in [0.25, 0.3) is 0 Å². The third-order valence-electron chi connectivity index (χ3n) is 4.00. The molecule has 1 amide bonds. The number of rotatable bonds is 6. The van der Waals surface area contributed by atoms with E-state index in [2.05, 4.69) is 38.2 Å². The zero-order chi connectivity index (χ0) is 17.0. The second-order valence-corrected chi connectivity index (χ2v) is 7.18. The van der Waals surface area contributed by atoms with E-state index in [1.807, 2.05) is 24.4 Å². The summed E-state index contributed by atoms with van der Waals surface area (Å²) in [4.78, 5) is 13.3. The van der Waals surface area contributed by atoms with Crippen LogP contribution in [0.4, 0.5) is 0 Å². The van der Waals surface area contributed by atoms with Crippen molar-refractivity contribution in [3.63, 3.8) is 0 Å². The Labute approximate surface area is 142 Å². The molecule has 0 saturated heterocycles. The van der Waals surface area contributed by atoms with Gasteiger partial charge in [-0.15, -0.1) is 11.3 Å². The maximum Gasteiger partial charge on any atom is 0.225 e. The van der Waals surface area contributed by atoms with Crippen LogP contribution in [0.15, 0.2) is 29.6 Å². The van der Waals surface area contributed by atoms with Gasteiger partial charge in [-0.25, -0.2) is 0 Å². The Kier molecular flexibility index (Phi) is 5.83. The van der Waals surface area contributed by atoms with Gasteiger partial charge in [-0.05, 0) is 60.0 Å². The van der Waals surface area contributed by atoms with Crippen LogP contribution in [0, 0.1) is 6.92 Å². The number of aryl methyl sites for hydroxylation is 1. The highest BCUT2D eigenvalue weighted by molar-refractivity contribution is 7.10. The Balaban J connectivity index is 2.16. The molecule has 0 spiro atoms. The minimum atomic E-state index is -0.0223. The van der Waals surface area contributed by atoms with Crippen LogP contribution in [0.1, 0.15) is 54.3 Å². The number of nitrogens with one attached hydrogen (secondary N) is 1. The van der Waals surface area contributed by atoms with Crippen molar-refractivity contribution >= 4 is 17.2 Å². The minimum Gasteiger partial charge on any atom is -0.496 e. The van der Waals surface area contributed by atoms with E-state index in [1.165, 1.54) is 5.56 Å². The van der Waals surface area contributed by atoms with Crippen LogP contribution >= 0.6 is 11.3 Å². The molecule has 1 atom stereocenters. The fourth-order valence-electron chi connectivity index (χ4n) is 2.75. The highest BCUT2D eigenvalue weighted by Crippen LogP contribution is 2.32. The van der Waals surface area contributed by atoms with E-state index in [-0.39, 0.29) is 11.9 Å². The molecule has 0 aliphatic rings. The molecule has 0 saturated carbocycles. The molecular weight excluding hydrogens is 306 g/mol. The molecule has 2 rings (SSSR count). The van der Waals surface area contributed by atoms with Crippen molar-refractivity contribution in [2.24, 2.45) is 0 Å². The fraction of sp³-hybridized carbons (Fsp3) is 0.421. The molecule has 0 bridgehead atoms. The Hall–Kier alpha value is -1.81. The largest absolute Gasteiger partial charge is 0.496 e. The number of methoxy groups -OCH3 is 1. The molecule has 0 fully saturated rings. The summed E-state index contributed by atoms with van der Waals surface area (Å²) in [7, 11) is 1.70. The molecule has 23 heavy (non-hydrogen) atoms. The van der Waals surface area contributed by atoms with Crippen molar-refractivity contribution in [3.8, 4) is 5.75 Å². The van der Waals surface area contributed by atoms with Gasteiger partial charge in [-0.2, -0.15) is 0 Å². The van der Waals surface area contributed by atoms with E-state index in [0.717, 1.165) is 21.8 Å². The number of amides is 1. The van der Waals surface area contributed by atoms with Gasteiger partial charge in [-0.3, -0.25) is 4.79 Å². The van der Waals surface area contributed by atoms with Crippen LogP contribution < -0.4 is 10.1 Å². The Morgan fingerprint density at radius 1 is 1.26 bits per heavy atom. The normalized spacial score (nSPS) is 12.3. The summed E-state index contributed by atoms with van der Waals surface area (Å²) in [6, 6.07) is 8.16. The molecule has 3 nitrogen and oxygen atoms in total. The monoisotopic (exact) mass is 331 g/mol. The summed E-state index contributed by atoms with van der Waals surface area (Å²) in [5.74, 6) is 1.35. The highest BCUT2D eigenvalue weighted by atomic mass is 32.1. The second-order valence-electron chi connectivity index (χ2n) is 6.15. The molecular formula is C19H25NO2S. The fourth-order valence-corrected chi connectivity index (χ4v) is 3.46. The molecule has 0 aliphatic heterocycles. The smallest absolute Gasteiger partial charge is 0.225 e. The molecule has 1 N–H and O–H groups in total. The average Bonchev–Trinajstić information content (AvgIpc) is 2.98. The second kappa shape index (κ2) is 7.64. The van der Waals surface area contributed by atoms with Gasteiger partial charge in [0.15, 0.2) is 0 Å². The van der Waals surface area contributed by atoms with Gasteiger partial charge in [0.2, 0.25) is 5.91 Å². The van der Waals surface area contributed by atoms with E-state index in [0.29, 0.717) is 12.3 Å². The van der Waals surface area contributed by atoms with Crippen molar-refractivity contribution in [2.45, 2.75) is 46.1 Å². The summed E-state index contributed by atoms with van der Waals surface area (Å²) in [5, 5.41) is 5.10. The standard InChI is InChI=1S/C19H25NO2S/c1-12(2)16-11-17(13(3)9-18(16)22-5)14(4)20-19(21)10-15-7-6-8-23-15/h6-9,11-12,14H,10H2,1-5H3,(H,20,21). The maximum atomic E-state index is 12.2. The lowest BCUT2D eigenvalue weighted by atomic mass is 9.93. The summed E-state index contributed by atoms with van der Waals surface area (Å²) in [6.07, 6.45) is 0.439. The lowest BCUT2D eigenvalue weighted by molar-refractivity contribution is -0.121. The number of carbonyl (C=O) groups excluding carboxylic acids is 1. The molecule has 0 radical (unpaired) electrons. The van der Waals surface area contributed by atoms with Crippen molar-refractivity contribution in [1.29, 1.82) is 0 Å². The van der Waals surface area contributed by atoms with Gasteiger partial charge in [-0.1, -0.05) is 19.9 Å². The van der Waals surface area contributed by atoms with Gasteiger partial charge in [0.05, 0.1) is 19.6 Å². The van der Waals surface area contributed by atoms with Crippen molar-refractivity contribution in [2.75, 3.05) is 7.11 Å². The Bertz CT molecular complexity index is 662.